The van der Waals surface area contributed by atoms with Gasteiger partial charge in [0.1, 0.15) is 11.6 Å². The van der Waals surface area contributed by atoms with Gasteiger partial charge in [0.25, 0.3) is 5.91 Å². The minimum Gasteiger partial charge on any atom is -0.493 e. The Morgan fingerprint density at radius 2 is 1.52 bits per heavy atom. The lowest BCUT2D eigenvalue weighted by atomic mass is 9.79. The molecule has 170 valence electrons. The van der Waals surface area contributed by atoms with Crippen molar-refractivity contribution in [2.75, 3.05) is 26.6 Å². The number of benzene rings is 3. The van der Waals surface area contributed by atoms with Crippen molar-refractivity contribution in [2.24, 2.45) is 0 Å². The number of rotatable bonds is 5. The van der Waals surface area contributed by atoms with Crippen molar-refractivity contribution in [1.29, 1.82) is 0 Å². The molecule has 0 aliphatic carbocycles. The molecule has 1 heterocycles. The number of amides is 2. The van der Waals surface area contributed by atoms with Crippen molar-refractivity contribution in [2.45, 2.75) is 12.0 Å². The van der Waals surface area contributed by atoms with E-state index in [0.29, 0.717) is 17.1 Å². The number of carbonyl (C=O) groups excluding carboxylic acids is 2. The highest BCUT2D eigenvalue weighted by Crippen LogP contribution is 2.46. The second-order valence-corrected chi connectivity index (χ2v) is 7.62. The summed E-state index contributed by atoms with van der Waals surface area (Å²) in [5, 5.41) is 2.60. The van der Waals surface area contributed by atoms with Crippen LogP contribution in [-0.2, 0) is 4.79 Å². The van der Waals surface area contributed by atoms with E-state index in [1.165, 1.54) is 68.6 Å². The third-order valence-corrected chi connectivity index (χ3v) is 5.81. The maximum Gasteiger partial charge on any atom is 0.254 e. The Kier molecular flexibility index (Phi) is 6.00. The van der Waals surface area contributed by atoms with Gasteiger partial charge in [0, 0.05) is 18.2 Å². The van der Waals surface area contributed by atoms with Crippen LogP contribution < -0.4 is 14.8 Å². The van der Waals surface area contributed by atoms with Gasteiger partial charge in [-0.2, -0.15) is 0 Å². The van der Waals surface area contributed by atoms with Gasteiger partial charge in [-0.15, -0.1) is 0 Å². The summed E-state index contributed by atoms with van der Waals surface area (Å²) in [4.78, 5) is 28.2. The van der Waals surface area contributed by atoms with Crippen LogP contribution in [-0.4, -0.2) is 38.0 Å². The number of halogens is 2. The number of methoxy groups -OCH3 is 2. The molecule has 4 rings (SSSR count). The van der Waals surface area contributed by atoms with Gasteiger partial charge < -0.3 is 19.7 Å². The number of likely N-dealkylation sites (N-methyl/N-ethyl adjacent to an activating group) is 1. The lowest BCUT2D eigenvalue weighted by molar-refractivity contribution is -0.119. The van der Waals surface area contributed by atoms with Crippen molar-refractivity contribution < 1.29 is 27.8 Å². The minimum absolute atomic E-state index is 0.0173. The molecule has 0 saturated carbocycles. The largest absolute Gasteiger partial charge is 0.493 e. The van der Waals surface area contributed by atoms with Gasteiger partial charge in [0.05, 0.1) is 31.9 Å². The first-order valence-corrected chi connectivity index (χ1v) is 10.2. The molecule has 3 aromatic carbocycles. The van der Waals surface area contributed by atoms with Gasteiger partial charge >= 0.3 is 0 Å². The molecule has 33 heavy (non-hydrogen) atoms. The zero-order valence-corrected chi connectivity index (χ0v) is 18.3. The monoisotopic (exact) mass is 452 g/mol. The molecule has 0 fully saturated rings. The van der Waals surface area contributed by atoms with E-state index in [4.69, 9.17) is 9.47 Å². The number of ether oxygens (including phenoxy) is 2. The second-order valence-electron chi connectivity index (χ2n) is 7.62. The number of carbonyl (C=O) groups is 2. The SMILES string of the molecule is COc1cc2c(cc1OC)[C@H](C(=O)Nc1ccccc1F)[C@H](c1ccccc1F)N(C)C2=O. The van der Waals surface area contributed by atoms with Gasteiger partial charge in [0.15, 0.2) is 11.5 Å². The summed E-state index contributed by atoms with van der Waals surface area (Å²) < 4.78 is 39.8. The molecule has 6 nitrogen and oxygen atoms in total. The van der Waals surface area contributed by atoms with Crippen molar-refractivity contribution >= 4 is 17.5 Å². The van der Waals surface area contributed by atoms with Gasteiger partial charge in [-0.25, -0.2) is 8.78 Å². The van der Waals surface area contributed by atoms with Crippen LogP contribution in [0.1, 0.15) is 33.4 Å². The highest BCUT2D eigenvalue weighted by Gasteiger charge is 2.44. The summed E-state index contributed by atoms with van der Waals surface area (Å²) in [5.41, 5.74) is 0.702. The number of para-hydroxylation sites is 1. The lowest BCUT2D eigenvalue weighted by Crippen LogP contribution is -2.44. The fourth-order valence-electron chi connectivity index (χ4n) is 4.21. The summed E-state index contributed by atoms with van der Waals surface area (Å²) in [6, 6.07) is 13.8. The molecule has 0 saturated heterocycles. The lowest BCUT2D eigenvalue weighted by Gasteiger charge is -2.40. The number of hydrogen-bond donors (Lipinski definition) is 1. The molecule has 1 N–H and O–H groups in total. The molecular formula is C25H22F2N2O4. The number of nitrogens with zero attached hydrogens (tertiary/aromatic N) is 1. The topological polar surface area (TPSA) is 67.9 Å². The molecule has 2 amide bonds. The smallest absolute Gasteiger partial charge is 0.254 e. The normalized spacial score (nSPS) is 17.4. The molecule has 0 radical (unpaired) electrons. The van der Waals surface area contributed by atoms with Gasteiger partial charge in [0.2, 0.25) is 5.91 Å². The molecule has 1 aliphatic rings. The van der Waals surface area contributed by atoms with Gasteiger partial charge in [-0.05, 0) is 35.9 Å². The fraction of sp³-hybridized carbons (Fsp3) is 0.200. The molecule has 0 aromatic heterocycles. The summed E-state index contributed by atoms with van der Waals surface area (Å²) in [7, 11) is 4.37. The number of anilines is 1. The Hall–Kier alpha value is -3.94. The van der Waals surface area contributed by atoms with Crippen molar-refractivity contribution in [3.8, 4) is 11.5 Å². The summed E-state index contributed by atoms with van der Waals surface area (Å²) >= 11 is 0. The third kappa shape index (κ3) is 3.88. The van der Waals surface area contributed by atoms with E-state index in [1.54, 1.807) is 18.2 Å². The Morgan fingerprint density at radius 3 is 2.15 bits per heavy atom. The Bertz CT molecular complexity index is 1230. The number of fused-ring (bicyclic) bond motifs is 1. The molecular weight excluding hydrogens is 430 g/mol. The standard InChI is InChI=1S/C25H22F2N2O4/c1-29-23(14-8-4-5-9-17(14)26)22(24(30)28-19-11-7-6-10-18(19)27)15-12-20(32-2)21(33-3)13-16(15)25(29)31/h4-13,22-23H,1-3H3,(H,28,30)/t22-,23-/m0/s1. The van der Waals surface area contributed by atoms with E-state index in [0.717, 1.165) is 0 Å². The van der Waals surface area contributed by atoms with Crippen LogP contribution in [0.3, 0.4) is 0 Å². The van der Waals surface area contributed by atoms with E-state index < -0.39 is 35.4 Å². The highest BCUT2D eigenvalue weighted by atomic mass is 19.1. The van der Waals surface area contributed by atoms with Crippen LogP contribution in [0.4, 0.5) is 14.5 Å². The van der Waals surface area contributed by atoms with Crippen LogP contribution in [0.15, 0.2) is 60.7 Å². The Morgan fingerprint density at radius 1 is 0.909 bits per heavy atom. The second kappa shape index (κ2) is 8.90. The van der Waals surface area contributed by atoms with E-state index in [-0.39, 0.29) is 16.8 Å². The summed E-state index contributed by atoms with van der Waals surface area (Å²) in [5.74, 6) is -2.61. The van der Waals surface area contributed by atoms with E-state index in [2.05, 4.69) is 5.32 Å². The predicted molar refractivity (Wildman–Crippen MR) is 119 cm³/mol. The van der Waals surface area contributed by atoms with Crippen LogP contribution in [0.25, 0.3) is 0 Å². The van der Waals surface area contributed by atoms with Crippen LogP contribution in [0.2, 0.25) is 0 Å². The van der Waals surface area contributed by atoms with E-state index >= 15 is 0 Å². The molecule has 3 aromatic rings. The first kappa shape index (κ1) is 22.3. The molecule has 8 heteroatoms. The zero-order chi connectivity index (χ0) is 23.7. The first-order valence-electron chi connectivity index (χ1n) is 10.2. The summed E-state index contributed by atoms with van der Waals surface area (Å²) in [6.07, 6.45) is 0. The third-order valence-electron chi connectivity index (χ3n) is 5.81. The van der Waals surface area contributed by atoms with E-state index in [1.807, 2.05) is 0 Å². The van der Waals surface area contributed by atoms with Crippen molar-refractivity contribution in [3.05, 3.63) is 89.0 Å². The van der Waals surface area contributed by atoms with Gasteiger partial charge in [-0.3, -0.25) is 9.59 Å². The Balaban J connectivity index is 1.92. The van der Waals surface area contributed by atoms with Crippen LogP contribution >= 0.6 is 0 Å². The fourth-order valence-corrected chi connectivity index (χ4v) is 4.21. The van der Waals surface area contributed by atoms with Crippen LogP contribution in [0, 0.1) is 11.6 Å². The molecule has 0 spiro atoms. The van der Waals surface area contributed by atoms with Gasteiger partial charge in [-0.1, -0.05) is 30.3 Å². The zero-order valence-electron chi connectivity index (χ0n) is 18.3. The highest BCUT2D eigenvalue weighted by molar-refractivity contribution is 6.05. The van der Waals surface area contributed by atoms with Crippen LogP contribution in [0.5, 0.6) is 11.5 Å². The molecule has 1 aliphatic heterocycles. The molecule has 0 bridgehead atoms. The maximum atomic E-state index is 14.9. The van der Waals surface area contributed by atoms with Crippen molar-refractivity contribution in [3.63, 3.8) is 0 Å². The average molecular weight is 452 g/mol. The maximum absolute atomic E-state index is 14.9. The molecule has 2 atom stereocenters. The van der Waals surface area contributed by atoms with E-state index in [9.17, 15) is 18.4 Å². The van der Waals surface area contributed by atoms with Crippen molar-refractivity contribution in [1.82, 2.24) is 4.90 Å². The predicted octanol–water partition coefficient (Wildman–Crippen LogP) is 4.53. The Labute approximate surface area is 189 Å². The minimum atomic E-state index is -1.06. The quantitative estimate of drug-likeness (QED) is 0.618. The average Bonchev–Trinajstić information content (AvgIpc) is 2.82. The summed E-state index contributed by atoms with van der Waals surface area (Å²) in [6.45, 7) is 0. The first-order chi connectivity index (χ1) is 15.9. The molecule has 0 unspecified atom stereocenters. The number of nitrogens with one attached hydrogen (secondary N) is 1. The number of hydrogen-bond acceptors (Lipinski definition) is 4.